The summed E-state index contributed by atoms with van der Waals surface area (Å²) < 4.78 is 36.6. The van der Waals surface area contributed by atoms with Crippen LogP contribution in [0, 0.1) is 0 Å². The Bertz CT molecular complexity index is 855. The van der Waals surface area contributed by atoms with Gasteiger partial charge >= 0.3 is 0 Å². The first-order chi connectivity index (χ1) is 14.1. The topological polar surface area (TPSA) is 54.0 Å². The molecule has 0 amide bonds. The Hall–Kier alpha value is -2.76. The predicted molar refractivity (Wildman–Crippen MR) is 114 cm³/mol. The van der Waals surface area contributed by atoms with Crippen molar-refractivity contribution in [3.63, 3.8) is 0 Å². The average Bonchev–Trinajstić information content (AvgIpc) is 2.89. The summed E-state index contributed by atoms with van der Waals surface area (Å²) >= 11 is 0. The van der Waals surface area contributed by atoms with E-state index < -0.39 is 11.8 Å². The summed E-state index contributed by atoms with van der Waals surface area (Å²) in [6.45, 7) is 9.43. The van der Waals surface area contributed by atoms with Crippen LogP contribution in [0.5, 0.6) is 0 Å². The minimum absolute atomic E-state index is 0.0597. The molecule has 5 nitrogen and oxygen atoms in total. The van der Waals surface area contributed by atoms with Gasteiger partial charge in [-0.1, -0.05) is 12.7 Å². The van der Waals surface area contributed by atoms with E-state index in [1.807, 2.05) is 19.9 Å². The highest BCUT2D eigenvalue weighted by atomic mass is 19.1. The molecule has 0 aromatic rings. The summed E-state index contributed by atoms with van der Waals surface area (Å²) in [5, 5.41) is 0. The minimum Gasteiger partial charge on any atom is -0.497 e. The van der Waals surface area contributed by atoms with Gasteiger partial charge in [-0.05, 0) is 51.0 Å². The highest BCUT2D eigenvalue weighted by Gasteiger charge is 2.36. The number of allylic oxidation sites excluding steroid dienone is 8. The molecule has 1 fully saturated rings. The highest BCUT2D eigenvalue weighted by Crippen LogP contribution is 2.38. The summed E-state index contributed by atoms with van der Waals surface area (Å²) in [5.41, 5.74) is 0.835. The van der Waals surface area contributed by atoms with Gasteiger partial charge in [0.25, 0.3) is 0 Å². The van der Waals surface area contributed by atoms with E-state index in [0.29, 0.717) is 46.2 Å². The second kappa shape index (κ2) is 9.83. The van der Waals surface area contributed by atoms with Gasteiger partial charge in [-0.15, -0.1) is 0 Å². The van der Waals surface area contributed by atoms with E-state index in [-0.39, 0.29) is 18.6 Å². The number of carbonyl (C=O) groups excluding carboxylic acids is 1. The number of fused-ring (bicyclic) bond motifs is 1. The van der Waals surface area contributed by atoms with E-state index in [4.69, 9.17) is 18.9 Å². The third-order valence-electron chi connectivity index (χ3n) is 4.95. The molecule has 0 bridgehead atoms. The fourth-order valence-electron chi connectivity index (χ4n) is 3.40. The molecule has 2 aliphatic rings. The standard InChI is InChI=1S/C24H31FO5/c1-15(12-22(28-6)23(29-7)16(2)27-5)11-20(26)17-9-8-10-21-18(13-17)19(25)14-24(3,4)30-21/h9-10,12-13,19H,1,8,11,14H2,2-7H3/b22-12+,23-16-. The number of hydrogen-bond acceptors (Lipinski definition) is 5. The van der Waals surface area contributed by atoms with Crippen LogP contribution >= 0.6 is 0 Å². The lowest BCUT2D eigenvalue weighted by Gasteiger charge is -2.36. The number of alkyl halides is 1. The Morgan fingerprint density at radius 3 is 2.57 bits per heavy atom. The van der Waals surface area contributed by atoms with Crippen molar-refractivity contribution in [1.82, 2.24) is 0 Å². The van der Waals surface area contributed by atoms with Crippen molar-refractivity contribution in [3.8, 4) is 0 Å². The van der Waals surface area contributed by atoms with E-state index in [9.17, 15) is 9.18 Å². The second-order valence-electron chi connectivity index (χ2n) is 7.86. The zero-order valence-corrected chi connectivity index (χ0v) is 18.6. The van der Waals surface area contributed by atoms with Crippen LogP contribution in [0.3, 0.4) is 0 Å². The first kappa shape index (κ1) is 23.5. The van der Waals surface area contributed by atoms with Crippen molar-refractivity contribution < 1.29 is 28.1 Å². The number of carbonyl (C=O) groups is 1. The van der Waals surface area contributed by atoms with Crippen molar-refractivity contribution in [2.75, 3.05) is 21.3 Å². The second-order valence-corrected chi connectivity index (χ2v) is 7.86. The molecular weight excluding hydrogens is 387 g/mol. The summed E-state index contributed by atoms with van der Waals surface area (Å²) in [6, 6.07) is 0. The Balaban J connectivity index is 2.19. The third kappa shape index (κ3) is 5.65. The number of ether oxygens (including phenoxy) is 4. The molecule has 6 heteroatoms. The van der Waals surface area contributed by atoms with Crippen molar-refractivity contribution in [2.24, 2.45) is 0 Å². The van der Waals surface area contributed by atoms with Gasteiger partial charge in [-0.25, -0.2) is 4.39 Å². The van der Waals surface area contributed by atoms with Crippen molar-refractivity contribution in [2.45, 2.75) is 51.8 Å². The molecule has 1 heterocycles. The Morgan fingerprint density at radius 1 is 1.27 bits per heavy atom. The van der Waals surface area contributed by atoms with E-state index in [1.165, 1.54) is 21.3 Å². The molecule has 1 unspecified atom stereocenters. The maximum Gasteiger partial charge on any atom is 0.198 e. The summed E-state index contributed by atoms with van der Waals surface area (Å²) in [6.07, 6.45) is 6.47. The zero-order chi connectivity index (χ0) is 22.5. The number of hydrogen-bond donors (Lipinski definition) is 0. The van der Waals surface area contributed by atoms with Crippen molar-refractivity contribution in [3.05, 3.63) is 70.6 Å². The molecule has 0 radical (unpaired) electrons. The lowest BCUT2D eigenvalue weighted by atomic mass is 9.90. The van der Waals surface area contributed by atoms with Crippen molar-refractivity contribution in [1.29, 1.82) is 0 Å². The van der Waals surface area contributed by atoms with Gasteiger partial charge in [0.05, 0.1) is 21.3 Å². The maximum absolute atomic E-state index is 14.7. The van der Waals surface area contributed by atoms with E-state index in [2.05, 4.69) is 6.58 Å². The fourth-order valence-corrected chi connectivity index (χ4v) is 3.40. The molecule has 30 heavy (non-hydrogen) atoms. The SMILES string of the molecule is C=C(/C=C(OC)\C(OC)=C(/C)OC)CC(=O)C1=CCC=C2OC(C)(C)CC(F)C2=C1. The van der Waals surface area contributed by atoms with E-state index in [0.717, 1.165) is 0 Å². The molecule has 0 N–H and O–H groups in total. The zero-order valence-electron chi connectivity index (χ0n) is 18.6. The normalized spacial score (nSPS) is 21.5. The predicted octanol–water partition coefficient (Wildman–Crippen LogP) is 5.23. The van der Waals surface area contributed by atoms with E-state index >= 15 is 0 Å². The number of halogens is 1. The van der Waals surface area contributed by atoms with Crippen LogP contribution in [0.4, 0.5) is 4.39 Å². The smallest absolute Gasteiger partial charge is 0.198 e. The maximum atomic E-state index is 14.7. The van der Waals surface area contributed by atoms with Gasteiger partial charge in [-0.3, -0.25) is 4.79 Å². The molecule has 1 saturated heterocycles. The van der Waals surface area contributed by atoms with Crippen LogP contribution in [-0.2, 0) is 23.7 Å². The van der Waals surface area contributed by atoms with Gasteiger partial charge in [0.1, 0.15) is 23.3 Å². The number of Topliss-reactive ketones (excluding diaryl/α,β-unsaturated/α-hetero) is 1. The Morgan fingerprint density at radius 2 is 1.97 bits per heavy atom. The molecule has 164 valence electrons. The third-order valence-corrected chi connectivity index (χ3v) is 4.95. The molecule has 1 aliphatic heterocycles. The number of methoxy groups -OCH3 is 3. The van der Waals surface area contributed by atoms with Crippen LogP contribution in [0.2, 0.25) is 0 Å². The summed E-state index contributed by atoms with van der Waals surface area (Å²) in [7, 11) is 4.54. The van der Waals surface area contributed by atoms with Crippen LogP contribution in [-0.4, -0.2) is 38.9 Å². The number of rotatable bonds is 8. The van der Waals surface area contributed by atoms with Gasteiger partial charge < -0.3 is 18.9 Å². The van der Waals surface area contributed by atoms with Gasteiger partial charge in [-0.2, -0.15) is 0 Å². The Kier molecular flexibility index (Phi) is 7.71. The molecule has 0 aromatic heterocycles. The average molecular weight is 419 g/mol. The quantitative estimate of drug-likeness (QED) is 0.399. The Labute approximate surface area is 178 Å². The van der Waals surface area contributed by atoms with Crippen LogP contribution < -0.4 is 0 Å². The van der Waals surface area contributed by atoms with Crippen LogP contribution in [0.25, 0.3) is 0 Å². The molecular formula is C24H31FO5. The highest BCUT2D eigenvalue weighted by molar-refractivity contribution is 6.00. The lowest BCUT2D eigenvalue weighted by molar-refractivity contribution is -0.114. The molecule has 1 atom stereocenters. The van der Waals surface area contributed by atoms with Gasteiger partial charge in [0.2, 0.25) is 0 Å². The van der Waals surface area contributed by atoms with Crippen LogP contribution in [0.1, 0.15) is 40.0 Å². The van der Waals surface area contributed by atoms with Gasteiger partial charge in [0, 0.05) is 24.0 Å². The molecule has 0 aromatic carbocycles. The minimum atomic E-state index is -1.18. The lowest BCUT2D eigenvalue weighted by Crippen LogP contribution is -2.35. The van der Waals surface area contributed by atoms with E-state index in [1.54, 1.807) is 25.2 Å². The number of ketones is 1. The van der Waals surface area contributed by atoms with Crippen molar-refractivity contribution >= 4 is 5.78 Å². The molecule has 0 saturated carbocycles. The first-order valence-electron chi connectivity index (χ1n) is 9.83. The van der Waals surface area contributed by atoms with Gasteiger partial charge in [0.15, 0.2) is 17.3 Å². The molecule has 2 rings (SSSR count). The molecule has 1 aliphatic carbocycles. The fraction of sp³-hybridized carbons (Fsp3) is 0.458. The van der Waals surface area contributed by atoms with Crippen LogP contribution in [0.15, 0.2) is 70.6 Å². The monoisotopic (exact) mass is 418 g/mol. The first-order valence-corrected chi connectivity index (χ1v) is 9.83. The summed E-state index contributed by atoms with van der Waals surface area (Å²) in [4.78, 5) is 12.9. The summed E-state index contributed by atoms with van der Waals surface area (Å²) in [5.74, 6) is 1.72. The largest absolute Gasteiger partial charge is 0.497 e. The molecule has 0 spiro atoms.